The van der Waals surface area contributed by atoms with Crippen LogP contribution in [0.25, 0.3) is 0 Å². The Hall–Kier alpha value is -2.78. The standard InChI is InChI=1S/C19H21N3O2/c1-14-7-5-12-18(19(23)24)17(14)11-6-10-16(21-22-20)13-15-8-3-2-4-9-15/h2-5,7-9,12,16,20H,6,10-11,13H2,1H3/p+1. The topological polar surface area (TPSA) is 87.6 Å². The van der Waals surface area contributed by atoms with Gasteiger partial charge in [0.25, 0.3) is 0 Å². The Labute approximate surface area is 141 Å². The first-order chi connectivity index (χ1) is 11.6. The first-order valence-electron chi connectivity index (χ1n) is 8.04. The number of hydrogen-bond donors (Lipinski definition) is 2. The number of benzene rings is 2. The van der Waals surface area contributed by atoms with Gasteiger partial charge in [-0.05, 0) is 48.9 Å². The van der Waals surface area contributed by atoms with E-state index in [0.29, 0.717) is 12.0 Å². The molecule has 0 aliphatic rings. The third-order valence-electron chi connectivity index (χ3n) is 4.14. The number of aryl methyl sites for hydroxylation is 1. The molecule has 0 saturated carbocycles. The van der Waals surface area contributed by atoms with Crippen molar-refractivity contribution in [2.75, 3.05) is 0 Å². The Morgan fingerprint density at radius 1 is 1.21 bits per heavy atom. The SMILES string of the molecule is Cc1cccc(C(=O)O)c1CCCC(Cc1ccccc1)N=[N+]=N. The summed E-state index contributed by atoms with van der Waals surface area (Å²) in [6.45, 7) is 1.94. The van der Waals surface area contributed by atoms with Crippen molar-refractivity contribution in [1.82, 2.24) is 4.91 Å². The molecule has 24 heavy (non-hydrogen) atoms. The molecule has 0 bridgehead atoms. The summed E-state index contributed by atoms with van der Waals surface area (Å²) >= 11 is 0. The zero-order valence-corrected chi connectivity index (χ0v) is 13.8. The van der Waals surface area contributed by atoms with E-state index in [1.54, 1.807) is 12.1 Å². The number of hydrogen-bond acceptors (Lipinski definition) is 3. The largest absolute Gasteiger partial charge is 0.478 e. The number of rotatable bonds is 8. The van der Waals surface area contributed by atoms with E-state index in [1.165, 1.54) is 0 Å². The van der Waals surface area contributed by atoms with Gasteiger partial charge in [-0.3, -0.25) is 0 Å². The summed E-state index contributed by atoms with van der Waals surface area (Å²) < 4.78 is 0. The van der Waals surface area contributed by atoms with Crippen molar-refractivity contribution in [2.45, 2.75) is 38.6 Å². The lowest BCUT2D eigenvalue weighted by Gasteiger charge is -2.11. The molecule has 1 atom stereocenters. The smallest absolute Gasteiger partial charge is 0.335 e. The molecule has 0 spiro atoms. The van der Waals surface area contributed by atoms with E-state index in [9.17, 15) is 9.90 Å². The Morgan fingerprint density at radius 3 is 2.62 bits per heavy atom. The highest BCUT2D eigenvalue weighted by atomic mass is 16.4. The third kappa shape index (κ3) is 4.86. The van der Waals surface area contributed by atoms with Crippen molar-refractivity contribution in [3.63, 3.8) is 0 Å². The van der Waals surface area contributed by atoms with E-state index in [0.717, 1.165) is 36.0 Å². The van der Waals surface area contributed by atoms with Gasteiger partial charge in [0.2, 0.25) is 4.91 Å². The predicted molar refractivity (Wildman–Crippen MR) is 92.3 cm³/mol. The van der Waals surface area contributed by atoms with Crippen LogP contribution in [0.2, 0.25) is 0 Å². The first kappa shape index (κ1) is 17.6. The lowest BCUT2D eigenvalue weighted by Crippen LogP contribution is -2.11. The molecule has 0 radical (unpaired) electrons. The van der Waals surface area contributed by atoms with Gasteiger partial charge in [0.05, 0.1) is 5.56 Å². The average molecular weight is 324 g/mol. The summed E-state index contributed by atoms with van der Waals surface area (Å²) in [6.07, 6.45) is 3.00. The number of carboxylic acid groups (broad SMARTS) is 1. The highest BCUT2D eigenvalue weighted by Gasteiger charge is 2.16. The molecule has 5 nitrogen and oxygen atoms in total. The van der Waals surface area contributed by atoms with Crippen LogP contribution in [0.3, 0.4) is 0 Å². The lowest BCUT2D eigenvalue weighted by molar-refractivity contribution is 0.0695. The van der Waals surface area contributed by atoms with Gasteiger partial charge in [-0.1, -0.05) is 42.5 Å². The summed E-state index contributed by atoms with van der Waals surface area (Å²) in [4.78, 5) is 14.6. The summed E-state index contributed by atoms with van der Waals surface area (Å²) in [5.74, 6) is -0.889. The van der Waals surface area contributed by atoms with Gasteiger partial charge in [0, 0.05) is 6.42 Å². The lowest BCUT2D eigenvalue weighted by atomic mass is 9.94. The number of aromatic carboxylic acids is 1. The highest BCUT2D eigenvalue weighted by Crippen LogP contribution is 2.19. The minimum Gasteiger partial charge on any atom is -0.478 e. The number of carboxylic acids is 1. The second kappa shape index (κ2) is 8.75. The number of nitrogens with zero attached hydrogens (tertiary/aromatic N) is 2. The Kier molecular flexibility index (Phi) is 6.41. The van der Waals surface area contributed by atoms with Gasteiger partial charge in [-0.2, -0.15) is 0 Å². The van der Waals surface area contributed by atoms with Crippen LogP contribution in [0.1, 0.15) is 39.9 Å². The van der Waals surface area contributed by atoms with E-state index in [2.05, 4.69) is 10.0 Å². The summed E-state index contributed by atoms with van der Waals surface area (Å²) in [6, 6.07) is 15.3. The molecule has 0 aliphatic heterocycles. The molecule has 0 aliphatic carbocycles. The van der Waals surface area contributed by atoms with Crippen molar-refractivity contribution >= 4 is 5.97 Å². The maximum atomic E-state index is 11.4. The molecule has 0 fully saturated rings. The normalized spacial score (nSPS) is 11.5. The third-order valence-corrected chi connectivity index (χ3v) is 4.14. The number of nitrogens with one attached hydrogen (secondary N) is 1. The fourth-order valence-corrected chi connectivity index (χ4v) is 2.92. The maximum absolute atomic E-state index is 11.4. The minimum atomic E-state index is -0.889. The molecule has 124 valence electrons. The molecule has 2 N–H and O–H groups in total. The minimum absolute atomic E-state index is 0.0535. The summed E-state index contributed by atoms with van der Waals surface area (Å²) in [5, 5.41) is 13.3. The van der Waals surface area contributed by atoms with E-state index in [4.69, 9.17) is 5.53 Å². The highest BCUT2D eigenvalue weighted by molar-refractivity contribution is 5.89. The predicted octanol–water partition coefficient (Wildman–Crippen LogP) is 4.18. The Balaban J connectivity index is 2.01. The molecule has 5 heteroatoms. The molecule has 0 amide bonds. The van der Waals surface area contributed by atoms with Gasteiger partial charge < -0.3 is 5.11 Å². The molecule has 0 saturated heterocycles. The van der Waals surface area contributed by atoms with Crippen molar-refractivity contribution in [3.8, 4) is 0 Å². The number of carbonyl (C=O) groups is 1. The quantitative estimate of drug-likeness (QED) is 0.563. The van der Waals surface area contributed by atoms with Gasteiger partial charge in [-0.25, -0.2) is 4.79 Å². The van der Waals surface area contributed by atoms with Crippen LogP contribution in [0.4, 0.5) is 0 Å². The molecule has 2 aromatic carbocycles. The fraction of sp³-hybridized carbons (Fsp3) is 0.316. The van der Waals surface area contributed by atoms with E-state index >= 15 is 0 Å². The Bertz CT molecular complexity index is 738. The molecule has 0 heterocycles. The van der Waals surface area contributed by atoms with Crippen LogP contribution in [-0.2, 0) is 12.8 Å². The maximum Gasteiger partial charge on any atom is 0.335 e. The van der Waals surface area contributed by atoms with E-state index in [1.807, 2.05) is 43.3 Å². The van der Waals surface area contributed by atoms with Gasteiger partial charge >= 0.3 is 5.97 Å². The van der Waals surface area contributed by atoms with Crippen LogP contribution in [-0.4, -0.2) is 17.1 Å². The second-order valence-corrected chi connectivity index (χ2v) is 5.86. The monoisotopic (exact) mass is 324 g/mol. The summed E-state index contributed by atoms with van der Waals surface area (Å²) in [5.41, 5.74) is 10.4. The zero-order chi connectivity index (χ0) is 17.4. The van der Waals surface area contributed by atoms with Crippen LogP contribution in [0.5, 0.6) is 0 Å². The second-order valence-electron chi connectivity index (χ2n) is 5.86. The van der Waals surface area contributed by atoms with Crippen LogP contribution < -0.4 is 4.91 Å². The molecule has 0 aromatic heterocycles. The van der Waals surface area contributed by atoms with Gasteiger partial charge in [0.1, 0.15) is 16.7 Å². The van der Waals surface area contributed by atoms with E-state index in [-0.39, 0.29) is 6.04 Å². The zero-order valence-electron chi connectivity index (χ0n) is 13.8. The van der Waals surface area contributed by atoms with E-state index < -0.39 is 5.97 Å². The van der Waals surface area contributed by atoms with Crippen molar-refractivity contribution < 1.29 is 9.90 Å². The van der Waals surface area contributed by atoms with Crippen LogP contribution in [0, 0.1) is 12.5 Å². The van der Waals surface area contributed by atoms with Gasteiger partial charge in [-0.15, -0.1) is 0 Å². The molecular weight excluding hydrogens is 302 g/mol. The molecular formula is C19H22N3O2+. The Morgan fingerprint density at radius 2 is 1.96 bits per heavy atom. The van der Waals surface area contributed by atoms with Crippen LogP contribution in [0.15, 0.2) is 53.6 Å². The van der Waals surface area contributed by atoms with Crippen molar-refractivity contribution in [3.05, 3.63) is 70.8 Å². The van der Waals surface area contributed by atoms with Crippen LogP contribution >= 0.6 is 0 Å². The molecule has 1 unspecified atom stereocenters. The average Bonchev–Trinajstić information content (AvgIpc) is 2.57. The fourth-order valence-electron chi connectivity index (χ4n) is 2.92. The van der Waals surface area contributed by atoms with Gasteiger partial charge in [0.15, 0.2) is 0 Å². The van der Waals surface area contributed by atoms with Crippen molar-refractivity contribution in [1.29, 1.82) is 5.53 Å². The molecule has 2 aromatic rings. The van der Waals surface area contributed by atoms with Crippen molar-refractivity contribution in [2.24, 2.45) is 5.11 Å². The molecule has 2 rings (SSSR count). The summed E-state index contributed by atoms with van der Waals surface area (Å²) in [7, 11) is 0. The first-order valence-corrected chi connectivity index (χ1v) is 8.04.